The van der Waals surface area contributed by atoms with E-state index in [0.29, 0.717) is 26.2 Å². The van der Waals surface area contributed by atoms with Crippen LogP contribution in [0.3, 0.4) is 0 Å². The van der Waals surface area contributed by atoms with E-state index in [2.05, 4.69) is 6.92 Å². The van der Waals surface area contributed by atoms with Crippen molar-refractivity contribution >= 4 is 5.97 Å². The van der Waals surface area contributed by atoms with Gasteiger partial charge in [-0.1, -0.05) is 19.8 Å². The predicted molar refractivity (Wildman–Crippen MR) is 65.8 cm³/mol. The first-order valence-corrected chi connectivity index (χ1v) is 6.21. The Labute approximate surface area is 104 Å². The average Bonchev–Trinajstić information content (AvgIpc) is 2.34. The fourth-order valence-corrected chi connectivity index (χ4v) is 1.26. The fourth-order valence-electron chi connectivity index (χ4n) is 1.26. The third-order valence-electron chi connectivity index (χ3n) is 2.28. The van der Waals surface area contributed by atoms with Crippen molar-refractivity contribution in [2.24, 2.45) is 5.73 Å². The molecule has 0 spiro atoms. The molecule has 0 saturated carbocycles. The van der Waals surface area contributed by atoms with Crippen molar-refractivity contribution in [2.45, 2.75) is 38.6 Å². The number of ether oxygens (including phenoxy) is 3. The molecule has 17 heavy (non-hydrogen) atoms. The molecule has 0 aliphatic rings. The van der Waals surface area contributed by atoms with Gasteiger partial charge in [-0.3, -0.25) is 4.79 Å². The normalized spacial score (nSPS) is 12.4. The summed E-state index contributed by atoms with van der Waals surface area (Å²) >= 11 is 0. The highest BCUT2D eigenvalue weighted by molar-refractivity contribution is 5.75. The summed E-state index contributed by atoms with van der Waals surface area (Å²) in [6.45, 7) is 4.04. The second-order valence-electron chi connectivity index (χ2n) is 3.87. The molecule has 2 N–H and O–H groups in total. The van der Waals surface area contributed by atoms with Gasteiger partial charge in [0, 0.05) is 20.3 Å². The molecule has 0 rings (SSSR count). The van der Waals surface area contributed by atoms with Gasteiger partial charge in [-0.25, -0.2) is 0 Å². The molecule has 0 aromatic rings. The van der Waals surface area contributed by atoms with Crippen molar-refractivity contribution in [2.75, 3.05) is 33.5 Å². The van der Waals surface area contributed by atoms with Crippen LogP contribution in [0, 0.1) is 0 Å². The largest absolute Gasteiger partial charge is 0.462 e. The van der Waals surface area contributed by atoms with Crippen LogP contribution in [0.4, 0.5) is 0 Å². The SMILES string of the molecule is CCCCC(N)C(=O)OCCOCCCOC. The number of hydrogen-bond donors (Lipinski definition) is 1. The molecule has 0 aromatic heterocycles. The van der Waals surface area contributed by atoms with Gasteiger partial charge in [0.15, 0.2) is 0 Å². The summed E-state index contributed by atoms with van der Waals surface area (Å²) in [5, 5.41) is 0. The molecular weight excluding hydrogens is 222 g/mol. The summed E-state index contributed by atoms with van der Waals surface area (Å²) in [5.41, 5.74) is 5.65. The molecule has 5 nitrogen and oxygen atoms in total. The third-order valence-corrected chi connectivity index (χ3v) is 2.28. The Hall–Kier alpha value is -0.650. The molecule has 0 aliphatic heterocycles. The first kappa shape index (κ1) is 16.4. The second-order valence-corrected chi connectivity index (χ2v) is 3.87. The lowest BCUT2D eigenvalue weighted by atomic mass is 10.1. The highest BCUT2D eigenvalue weighted by atomic mass is 16.6. The average molecular weight is 247 g/mol. The first-order valence-electron chi connectivity index (χ1n) is 6.21. The Morgan fingerprint density at radius 3 is 2.59 bits per heavy atom. The maximum atomic E-state index is 11.4. The summed E-state index contributed by atoms with van der Waals surface area (Å²) in [7, 11) is 1.65. The molecule has 0 radical (unpaired) electrons. The van der Waals surface area contributed by atoms with Crippen LogP contribution in [-0.2, 0) is 19.0 Å². The van der Waals surface area contributed by atoms with Gasteiger partial charge in [-0.2, -0.15) is 0 Å². The maximum Gasteiger partial charge on any atom is 0.322 e. The zero-order valence-corrected chi connectivity index (χ0v) is 10.9. The Morgan fingerprint density at radius 2 is 1.94 bits per heavy atom. The molecule has 102 valence electrons. The molecule has 0 aliphatic carbocycles. The fraction of sp³-hybridized carbons (Fsp3) is 0.917. The van der Waals surface area contributed by atoms with Gasteiger partial charge in [0.2, 0.25) is 0 Å². The van der Waals surface area contributed by atoms with Crippen molar-refractivity contribution in [3.8, 4) is 0 Å². The lowest BCUT2D eigenvalue weighted by molar-refractivity contribution is -0.147. The number of hydrogen-bond acceptors (Lipinski definition) is 5. The number of rotatable bonds is 11. The van der Waals surface area contributed by atoms with Gasteiger partial charge in [0.1, 0.15) is 12.6 Å². The number of methoxy groups -OCH3 is 1. The van der Waals surface area contributed by atoms with Gasteiger partial charge in [0.25, 0.3) is 0 Å². The van der Waals surface area contributed by atoms with Crippen LogP contribution < -0.4 is 5.73 Å². The van der Waals surface area contributed by atoms with Crippen molar-refractivity contribution in [1.82, 2.24) is 0 Å². The van der Waals surface area contributed by atoms with Crippen molar-refractivity contribution in [3.05, 3.63) is 0 Å². The van der Waals surface area contributed by atoms with E-state index in [0.717, 1.165) is 19.3 Å². The number of carbonyl (C=O) groups excluding carboxylic acids is 1. The van der Waals surface area contributed by atoms with Gasteiger partial charge in [0.05, 0.1) is 6.61 Å². The minimum atomic E-state index is -0.497. The monoisotopic (exact) mass is 247 g/mol. The van der Waals surface area contributed by atoms with E-state index < -0.39 is 6.04 Å². The highest BCUT2D eigenvalue weighted by Crippen LogP contribution is 1.99. The number of nitrogens with two attached hydrogens (primary N) is 1. The zero-order chi connectivity index (χ0) is 12.9. The topological polar surface area (TPSA) is 70.8 Å². The van der Waals surface area contributed by atoms with Crippen molar-refractivity contribution in [3.63, 3.8) is 0 Å². The minimum absolute atomic E-state index is 0.269. The first-order chi connectivity index (χ1) is 8.22. The van der Waals surface area contributed by atoms with E-state index in [1.54, 1.807) is 7.11 Å². The number of esters is 1. The Bertz CT molecular complexity index is 187. The van der Waals surface area contributed by atoms with E-state index in [1.807, 2.05) is 0 Å². The van der Waals surface area contributed by atoms with Gasteiger partial charge in [-0.15, -0.1) is 0 Å². The van der Waals surface area contributed by atoms with Crippen molar-refractivity contribution in [1.29, 1.82) is 0 Å². The number of unbranched alkanes of at least 4 members (excludes halogenated alkanes) is 1. The van der Waals surface area contributed by atoms with E-state index >= 15 is 0 Å². The molecule has 0 saturated heterocycles. The Kier molecular flexibility index (Phi) is 11.4. The standard InChI is InChI=1S/C12H25NO4/c1-3-4-6-11(13)12(14)17-10-9-16-8-5-7-15-2/h11H,3-10,13H2,1-2H3. The van der Waals surface area contributed by atoms with Crippen LogP contribution in [0.1, 0.15) is 32.6 Å². The molecular formula is C12H25NO4. The van der Waals surface area contributed by atoms with Gasteiger partial charge >= 0.3 is 5.97 Å². The smallest absolute Gasteiger partial charge is 0.322 e. The van der Waals surface area contributed by atoms with Gasteiger partial charge in [-0.05, 0) is 12.8 Å². The predicted octanol–water partition coefficient (Wildman–Crippen LogP) is 1.10. The second kappa shape index (κ2) is 11.8. The van der Waals surface area contributed by atoms with E-state index in [9.17, 15) is 4.79 Å². The Morgan fingerprint density at radius 1 is 1.18 bits per heavy atom. The van der Waals surface area contributed by atoms with E-state index in [1.165, 1.54) is 0 Å². The number of carbonyl (C=O) groups is 1. The molecule has 0 fully saturated rings. The molecule has 0 amide bonds. The molecule has 1 atom stereocenters. The zero-order valence-electron chi connectivity index (χ0n) is 10.9. The van der Waals surface area contributed by atoms with Crippen LogP contribution in [0.25, 0.3) is 0 Å². The maximum absolute atomic E-state index is 11.4. The molecule has 5 heteroatoms. The molecule has 1 unspecified atom stereocenters. The molecule has 0 bridgehead atoms. The quantitative estimate of drug-likeness (QED) is 0.437. The van der Waals surface area contributed by atoms with E-state index in [-0.39, 0.29) is 12.6 Å². The van der Waals surface area contributed by atoms with Gasteiger partial charge < -0.3 is 19.9 Å². The summed E-state index contributed by atoms with van der Waals surface area (Å²) in [4.78, 5) is 11.4. The summed E-state index contributed by atoms with van der Waals surface area (Å²) in [6.07, 6.45) is 3.51. The van der Waals surface area contributed by atoms with Crippen LogP contribution in [0.5, 0.6) is 0 Å². The van der Waals surface area contributed by atoms with Crippen LogP contribution in [0.2, 0.25) is 0 Å². The van der Waals surface area contributed by atoms with Crippen LogP contribution in [-0.4, -0.2) is 45.5 Å². The molecule has 0 aromatic carbocycles. The van der Waals surface area contributed by atoms with Crippen LogP contribution in [0.15, 0.2) is 0 Å². The minimum Gasteiger partial charge on any atom is -0.462 e. The lowest BCUT2D eigenvalue weighted by Crippen LogP contribution is -2.32. The van der Waals surface area contributed by atoms with E-state index in [4.69, 9.17) is 19.9 Å². The van der Waals surface area contributed by atoms with Crippen molar-refractivity contribution < 1.29 is 19.0 Å². The molecule has 0 heterocycles. The third kappa shape index (κ3) is 10.2. The summed E-state index contributed by atoms with van der Waals surface area (Å²) in [6, 6.07) is -0.497. The summed E-state index contributed by atoms with van der Waals surface area (Å²) in [5.74, 6) is -0.334. The van der Waals surface area contributed by atoms with Crippen LogP contribution >= 0.6 is 0 Å². The Balaban J connectivity index is 3.32. The highest BCUT2D eigenvalue weighted by Gasteiger charge is 2.13. The summed E-state index contributed by atoms with van der Waals surface area (Å²) < 4.78 is 15.1. The lowest BCUT2D eigenvalue weighted by Gasteiger charge is -2.11.